The van der Waals surface area contributed by atoms with Gasteiger partial charge in [0.2, 0.25) is 0 Å². The first-order valence-electron chi connectivity index (χ1n) is 9.66. The van der Waals surface area contributed by atoms with Crippen LogP contribution >= 0.6 is 35.3 Å². The molecule has 0 radical (unpaired) electrons. The van der Waals surface area contributed by atoms with Crippen LogP contribution in [0.1, 0.15) is 12.0 Å². The number of carbonyl (C=O) groups excluding carboxylic acids is 1. The van der Waals surface area contributed by atoms with Crippen molar-refractivity contribution >= 4 is 56.6 Å². The predicted octanol–water partition coefficient (Wildman–Crippen LogP) is 5.05. The Morgan fingerprint density at radius 3 is 2.48 bits per heavy atom. The molecule has 0 aliphatic rings. The van der Waals surface area contributed by atoms with Gasteiger partial charge in [-0.3, -0.25) is 9.69 Å². The molecular formula is C22H27Cl2N3O3S. The third kappa shape index (κ3) is 6.46. The zero-order valence-electron chi connectivity index (χ0n) is 18.1. The van der Waals surface area contributed by atoms with E-state index in [0.29, 0.717) is 33.7 Å². The van der Waals surface area contributed by atoms with Gasteiger partial charge in [0.1, 0.15) is 17.0 Å². The Morgan fingerprint density at radius 2 is 1.84 bits per heavy atom. The minimum absolute atomic E-state index is 0. The van der Waals surface area contributed by atoms with E-state index in [1.54, 1.807) is 24.1 Å². The standard InChI is InChI=1S/C22H26ClN3O3S.ClH/c1-15-6-8-16(9-7-15)29-14-19(27)26(13-5-12-25(2)3)22-24-20-18(28-4)11-10-17(23)21(20)30-22;/h6-11H,5,12-14H2,1-4H3;1H. The van der Waals surface area contributed by atoms with Crippen LogP contribution in [0.5, 0.6) is 11.5 Å². The zero-order chi connectivity index (χ0) is 21.7. The van der Waals surface area contributed by atoms with Crippen LogP contribution in [0, 0.1) is 6.92 Å². The van der Waals surface area contributed by atoms with Crippen molar-refractivity contribution in [2.24, 2.45) is 0 Å². The summed E-state index contributed by atoms with van der Waals surface area (Å²) in [6.07, 6.45) is 0.810. The van der Waals surface area contributed by atoms with Gasteiger partial charge in [0, 0.05) is 6.54 Å². The molecule has 0 bridgehead atoms. The third-order valence-electron chi connectivity index (χ3n) is 4.57. The van der Waals surface area contributed by atoms with Gasteiger partial charge >= 0.3 is 0 Å². The Kier molecular flexibility index (Phi) is 9.37. The number of rotatable bonds is 9. The molecule has 0 spiro atoms. The molecule has 0 fully saturated rings. The van der Waals surface area contributed by atoms with Crippen LogP contribution in [0.3, 0.4) is 0 Å². The highest BCUT2D eigenvalue weighted by molar-refractivity contribution is 7.23. The van der Waals surface area contributed by atoms with Crippen LogP contribution in [0.25, 0.3) is 10.2 Å². The van der Waals surface area contributed by atoms with Gasteiger partial charge in [0.25, 0.3) is 5.91 Å². The number of benzene rings is 2. The van der Waals surface area contributed by atoms with E-state index in [0.717, 1.165) is 23.2 Å². The normalized spacial score (nSPS) is 10.8. The lowest BCUT2D eigenvalue weighted by Crippen LogP contribution is -2.36. The maximum atomic E-state index is 13.1. The molecule has 1 heterocycles. The second kappa shape index (κ2) is 11.5. The van der Waals surface area contributed by atoms with Crippen molar-refractivity contribution in [1.82, 2.24) is 9.88 Å². The van der Waals surface area contributed by atoms with Crippen molar-refractivity contribution in [3.63, 3.8) is 0 Å². The number of ether oxygens (including phenoxy) is 2. The Hall–Kier alpha value is -2.06. The van der Waals surface area contributed by atoms with Gasteiger partial charge in [0.15, 0.2) is 11.7 Å². The number of hydrogen-bond acceptors (Lipinski definition) is 6. The summed E-state index contributed by atoms with van der Waals surface area (Å²) in [6, 6.07) is 11.2. The van der Waals surface area contributed by atoms with E-state index in [2.05, 4.69) is 9.88 Å². The van der Waals surface area contributed by atoms with Crippen LogP contribution in [-0.4, -0.2) is 56.7 Å². The molecule has 0 aliphatic heterocycles. The fraction of sp³-hybridized carbons (Fsp3) is 0.364. The summed E-state index contributed by atoms with van der Waals surface area (Å²) in [5.41, 5.74) is 1.80. The van der Waals surface area contributed by atoms with E-state index in [-0.39, 0.29) is 24.9 Å². The number of aromatic nitrogens is 1. The van der Waals surface area contributed by atoms with Gasteiger partial charge in [-0.15, -0.1) is 12.4 Å². The van der Waals surface area contributed by atoms with Crippen LogP contribution in [0.15, 0.2) is 36.4 Å². The first-order valence-corrected chi connectivity index (χ1v) is 10.9. The van der Waals surface area contributed by atoms with E-state index in [9.17, 15) is 4.79 Å². The molecule has 0 unspecified atom stereocenters. The molecule has 168 valence electrons. The molecule has 2 aromatic carbocycles. The fourth-order valence-electron chi connectivity index (χ4n) is 2.95. The molecule has 31 heavy (non-hydrogen) atoms. The number of aryl methyl sites for hydroxylation is 1. The second-order valence-electron chi connectivity index (χ2n) is 7.23. The van der Waals surface area contributed by atoms with Crippen molar-refractivity contribution < 1.29 is 14.3 Å². The molecule has 0 N–H and O–H groups in total. The SMILES string of the molecule is COc1ccc(Cl)c2sc(N(CCCN(C)C)C(=O)COc3ccc(C)cc3)nc12.Cl. The number of anilines is 1. The molecule has 0 atom stereocenters. The number of halogens is 2. The molecule has 0 aliphatic carbocycles. The van der Waals surface area contributed by atoms with Crippen molar-refractivity contribution in [3.05, 3.63) is 47.0 Å². The minimum atomic E-state index is -0.150. The zero-order valence-corrected chi connectivity index (χ0v) is 20.4. The second-order valence-corrected chi connectivity index (χ2v) is 8.61. The minimum Gasteiger partial charge on any atom is -0.494 e. The predicted molar refractivity (Wildman–Crippen MR) is 131 cm³/mol. The van der Waals surface area contributed by atoms with Crippen molar-refractivity contribution in [2.45, 2.75) is 13.3 Å². The highest BCUT2D eigenvalue weighted by Gasteiger charge is 2.22. The molecule has 6 nitrogen and oxygen atoms in total. The summed E-state index contributed by atoms with van der Waals surface area (Å²) >= 11 is 7.75. The Labute approximate surface area is 198 Å². The lowest BCUT2D eigenvalue weighted by atomic mass is 10.2. The van der Waals surface area contributed by atoms with Gasteiger partial charge in [-0.1, -0.05) is 40.6 Å². The average molecular weight is 484 g/mol. The molecule has 1 aromatic heterocycles. The number of amides is 1. The van der Waals surface area contributed by atoms with Gasteiger partial charge in [0.05, 0.1) is 16.8 Å². The van der Waals surface area contributed by atoms with Crippen LogP contribution in [0.4, 0.5) is 5.13 Å². The Morgan fingerprint density at radius 1 is 1.13 bits per heavy atom. The van der Waals surface area contributed by atoms with Crippen molar-refractivity contribution in [2.75, 3.05) is 45.8 Å². The fourth-order valence-corrected chi connectivity index (χ4v) is 4.25. The molecule has 3 rings (SSSR count). The van der Waals surface area contributed by atoms with Crippen LogP contribution < -0.4 is 14.4 Å². The van der Waals surface area contributed by atoms with E-state index in [1.807, 2.05) is 45.3 Å². The maximum absolute atomic E-state index is 13.1. The summed E-state index contributed by atoms with van der Waals surface area (Å²) < 4.78 is 11.9. The third-order valence-corrected chi connectivity index (χ3v) is 6.11. The smallest absolute Gasteiger partial charge is 0.266 e. The number of fused-ring (bicyclic) bond motifs is 1. The maximum Gasteiger partial charge on any atom is 0.266 e. The summed E-state index contributed by atoms with van der Waals surface area (Å²) in [5, 5.41) is 1.18. The van der Waals surface area contributed by atoms with Crippen LogP contribution in [-0.2, 0) is 4.79 Å². The van der Waals surface area contributed by atoms with Gasteiger partial charge in [-0.25, -0.2) is 4.98 Å². The van der Waals surface area contributed by atoms with Crippen molar-refractivity contribution in [3.8, 4) is 11.5 Å². The van der Waals surface area contributed by atoms with Gasteiger partial charge in [-0.05, 0) is 58.3 Å². The number of hydrogen-bond donors (Lipinski definition) is 0. The highest BCUT2D eigenvalue weighted by atomic mass is 35.5. The Bertz CT molecular complexity index is 1010. The Balaban J connectivity index is 0.00000341. The largest absolute Gasteiger partial charge is 0.494 e. The first kappa shape index (κ1) is 25.2. The molecule has 3 aromatic rings. The first-order chi connectivity index (χ1) is 14.4. The number of methoxy groups -OCH3 is 1. The van der Waals surface area contributed by atoms with Crippen LogP contribution in [0.2, 0.25) is 5.02 Å². The lowest BCUT2D eigenvalue weighted by molar-refractivity contribution is -0.120. The molecular weight excluding hydrogens is 457 g/mol. The topological polar surface area (TPSA) is 54.9 Å². The van der Waals surface area contributed by atoms with Gasteiger partial charge in [-0.2, -0.15) is 0 Å². The highest BCUT2D eigenvalue weighted by Crippen LogP contribution is 2.38. The molecule has 0 saturated heterocycles. The lowest BCUT2D eigenvalue weighted by Gasteiger charge is -2.21. The molecule has 9 heteroatoms. The molecule has 0 saturated carbocycles. The van der Waals surface area contributed by atoms with Gasteiger partial charge < -0.3 is 14.4 Å². The summed E-state index contributed by atoms with van der Waals surface area (Å²) in [7, 11) is 5.61. The van der Waals surface area contributed by atoms with E-state index >= 15 is 0 Å². The quantitative estimate of drug-likeness (QED) is 0.426. The summed E-state index contributed by atoms with van der Waals surface area (Å²) in [5.74, 6) is 1.15. The van der Waals surface area contributed by atoms with Crippen molar-refractivity contribution in [1.29, 1.82) is 0 Å². The van der Waals surface area contributed by atoms with E-state index in [1.165, 1.54) is 11.3 Å². The summed E-state index contributed by atoms with van der Waals surface area (Å²) in [4.78, 5) is 21.5. The number of carbonyl (C=O) groups is 1. The number of thiazole rings is 1. The number of nitrogens with zero attached hydrogens (tertiary/aromatic N) is 3. The monoisotopic (exact) mass is 483 g/mol. The average Bonchev–Trinajstić information content (AvgIpc) is 3.16. The van der Waals surface area contributed by atoms with E-state index < -0.39 is 0 Å². The molecule has 1 amide bonds. The summed E-state index contributed by atoms with van der Waals surface area (Å²) in [6.45, 7) is 3.34. The van der Waals surface area contributed by atoms with E-state index in [4.69, 9.17) is 21.1 Å².